The molecule has 0 aliphatic rings. The van der Waals surface area contributed by atoms with E-state index in [-0.39, 0.29) is 5.84 Å². The van der Waals surface area contributed by atoms with Gasteiger partial charge in [-0.3, -0.25) is 15.0 Å². The standard InChI is InChI=1S/C25H17BrN4S/c26-20-11-8-18(9-12-20)23-16-31-25(29-24(27)22-7-3-4-14-28-22)30(23)21-13-10-17-5-1-2-6-19(17)15-21/h1-16,27H. The second kappa shape index (κ2) is 8.41. The number of hydrogen-bond acceptors (Lipinski definition) is 3. The van der Waals surface area contributed by atoms with E-state index in [0.717, 1.165) is 31.6 Å². The van der Waals surface area contributed by atoms with Crippen molar-refractivity contribution in [3.63, 3.8) is 0 Å². The Balaban J connectivity index is 1.72. The van der Waals surface area contributed by atoms with Crippen LogP contribution in [0, 0.1) is 5.41 Å². The van der Waals surface area contributed by atoms with Crippen molar-refractivity contribution in [1.82, 2.24) is 9.55 Å². The van der Waals surface area contributed by atoms with Crippen LogP contribution in [0.2, 0.25) is 0 Å². The zero-order chi connectivity index (χ0) is 21.2. The quantitative estimate of drug-likeness (QED) is 0.232. The first-order valence-electron chi connectivity index (χ1n) is 9.69. The molecule has 0 unspecified atom stereocenters. The van der Waals surface area contributed by atoms with Gasteiger partial charge in [0, 0.05) is 21.7 Å². The Morgan fingerprint density at radius 2 is 1.68 bits per heavy atom. The van der Waals surface area contributed by atoms with Gasteiger partial charge in [-0.25, -0.2) is 0 Å². The highest BCUT2D eigenvalue weighted by Gasteiger charge is 2.12. The van der Waals surface area contributed by atoms with Gasteiger partial charge in [0.15, 0.2) is 10.6 Å². The number of thiazole rings is 1. The number of fused-ring (bicyclic) bond motifs is 1. The lowest BCUT2D eigenvalue weighted by atomic mass is 10.1. The molecule has 5 aromatic rings. The summed E-state index contributed by atoms with van der Waals surface area (Å²) in [6.45, 7) is 0. The largest absolute Gasteiger partial charge is 0.285 e. The smallest absolute Gasteiger partial charge is 0.196 e. The summed E-state index contributed by atoms with van der Waals surface area (Å²) in [4.78, 5) is 9.63. The van der Waals surface area contributed by atoms with E-state index in [1.807, 2.05) is 36.4 Å². The number of amidine groups is 1. The second-order valence-electron chi connectivity index (χ2n) is 6.95. The minimum absolute atomic E-state index is 0.138. The molecule has 0 aliphatic carbocycles. The molecule has 2 aromatic heterocycles. The van der Waals surface area contributed by atoms with Gasteiger partial charge in [-0.1, -0.05) is 64.5 Å². The first-order chi connectivity index (χ1) is 15.2. The maximum Gasteiger partial charge on any atom is 0.196 e. The monoisotopic (exact) mass is 484 g/mol. The third-order valence-corrected chi connectivity index (χ3v) is 6.31. The summed E-state index contributed by atoms with van der Waals surface area (Å²) in [5, 5.41) is 12.9. The highest BCUT2D eigenvalue weighted by Crippen LogP contribution is 2.27. The number of aromatic nitrogens is 2. The molecule has 0 fully saturated rings. The van der Waals surface area contributed by atoms with Crippen molar-refractivity contribution in [3.8, 4) is 16.9 Å². The van der Waals surface area contributed by atoms with Gasteiger partial charge in [0.2, 0.25) is 0 Å². The number of nitrogens with one attached hydrogen (secondary N) is 1. The van der Waals surface area contributed by atoms with Crippen LogP contribution >= 0.6 is 27.3 Å². The van der Waals surface area contributed by atoms with Crippen LogP contribution in [-0.2, 0) is 0 Å². The van der Waals surface area contributed by atoms with Crippen LogP contribution in [0.5, 0.6) is 0 Å². The Morgan fingerprint density at radius 3 is 2.45 bits per heavy atom. The van der Waals surface area contributed by atoms with Crippen molar-refractivity contribution < 1.29 is 0 Å². The zero-order valence-electron chi connectivity index (χ0n) is 16.4. The molecule has 0 radical (unpaired) electrons. The normalized spacial score (nSPS) is 11.7. The molecule has 0 spiro atoms. The average molecular weight is 485 g/mol. The number of rotatable bonds is 3. The summed E-state index contributed by atoms with van der Waals surface area (Å²) in [5.74, 6) is 0.138. The van der Waals surface area contributed by atoms with E-state index >= 15 is 0 Å². The lowest BCUT2D eigenvalue weighted by molar-refractivity contribution is 1.02. The van der Waals surface area contributed by atoms with Gasteiger partial charge in [0.05, 0.1) is 5.69 Å². The summed E-state index contributed by atoms with van der Waals surface area (Å²) in [7, 11) is 0. The first-order valence-corrected chi connectivity index (χ1v) is 11.4. The number of nitrogens with zero attached hydrogens (tertiary/aromatic N) is 3. The molecule has 0 bridgehead atoms. The van der Waals surface area contributed by atoms with Crippen molar-refractivity contribution in [2.75, 3.05) is 0 Å². The van der Waals surface area contributed by atoms with Gasteiger partial charge in [-0.15, -0.1) is 11.3 Å². The van der Waals surface area contributed by atoms with Gasteiger partial charge in [-0.05, 0) is 52.7 Å². The van der Waals surface area contributed by atoms with Crippen LogP contribution in [-0.4, -0.2) is 15.4 Å². The first kappa shape index (κ1) is 19.6. The van der Waals surface area contributed by atoms with Crippen molar-refractivity contribution in [2.45, 2.75) is 0 Å². The summed E-state index contributed by atoms with van der Waals surface area (Å²) < 4.78 is 3.14. The number of hydrogen-bond donors (Lipinski definition) is 1. The predicted octanol–water partition coefficient (Wildman–Crippen LogP) is 6.44. The van der Waals surface area contributed by atoms with E-state index in [1.54, 1.807) is 12.3 Å². The van der Waals surface area contributed by atoms with E-state index in [0.29, 0.717) is 5.69 Å². The maximum atomic E-state index is 8.46. The Labute approximate surface area is 191 Å². The highest BCUT2D eigenvalue weighted by atomic mass is 79.9. The number of halogens is 1. The summed E-state index contributed by atoms with van der Waals surface area (Å²) in [6.07, 6.45) is 1.68. The lowest BCUT2D eigenvalue weighted by Gasteiger charge is -2.11. The van der Waals surface area contributed by atoms with Gasteiger partial charge in [0.1, 0.15) is 5.69 Å². The van der Waals surface area contributed by atoms with E-state index in [4.69, 9.17) is 5.41 Å². The number of pyridine rings is 1. The predicted molar refractivity (Wildman–Crippen MR) is 131 cm³/mol. The summed E-state index contributed by atoms with van der Waals surface area (Å²) in [6, 6.07) is 28.4. The van der Waals surface area contributed by atoms with Gasteiger partial charge in [0.25, 0.3) is 0 Å². The Hall–Kier alpha value is -3.35. The van der Waals surface area contributed by atoms with E-state index in [2.05, 4.69) is 78.3 Å². The van der Waals surface area contributed by atoms with E-state index in [9.17, 15) is 0 Å². The molecule has 2 heterocycles. The maximum absolute atomic E-state index is 8.46. The minimum atomic E-state index is 0.138. The topological polar surface area (TPSA) is 54.0 Å². The molecule has 0 amide bonds. The van der Waals surface area contributed by atoms with Gasteiger partial charge in [-0.2, -0.15) is 4.99 Å². The Kier molecular flexibility index (Phi) is 5.32. The lowest BCUT2D eigenvalue weighted by Crippen LogP contribution is -2.16. The highest BCUT2D eigenvalue weighted by molar-refractivity contribution is 9.10. The van der Waals surface area contributed by atoms with Crippen LogP contribution in [0.15, 0.2) is 106 Å². The van der Waals surface area contributed by atoms with Crippen molar-refractivity contribution in [1.29, 1.82) is 5.41 Å². The fraction of sp³-hybridized carbons (Fsp3) is 0. The van der Waals surface area contributed by atoms with Crippen molar-refractivity contribution in [3.05, 3.63) is 111 Å². The minimum Gasteiger partial charge on any atom is -0.285 e. The second-order valence-corrected chi connectivity index (χ2v) is 8.70. The van der Waals surface area contributed by atoms with Crippen LogP contribution in [0.4, 0.5) is 0 Å². The van der Waals surface area contributed by atoms with Crippen LogP contribution < -0.4 is 4.80 Å². The molecular formula is C25H17BrN4S. The molecule has 0 atom stereocenters. The van der Waals surface area contributed by atoms with Crippen LogP contribution in [0.25, 0.3) is 27.7 Å². The molecule has 6 heteroatoms. The molecule has 5 rings (SSSR count). The SMILES string of the molecule is N=C(N=c1scc(-c2ccc(Br)cc2)n1-c1ccc2ccccc2c1)c1ccccn1. The third kappa shape index (κ3) is 4.00. The molecule has 3 aromatic carbocycles. The summed E-state index contributed by atoms with van der Waals surface area (Å²) >= 11 is 5.03. The van der Waals surface area contributed by atoms with E-state index < -0.39 is 0 Å². The van der Waals surface area contributed by atoms with Crippen molar-refractivity contribution >= 4 is 43.9 Å². The molecular weight excluding hydrogens is 468 g/mol. The zero-order valence-corrected chi connectivity index (χ0v) is 18.8. The summed E-state index contributed by atoms with van der Waals surface area (Å²) in [5.41, 5.74) is 3.66. The third-order valence-electron chi connectivity index (χ3n) is 4.95. The number of benzene rings is 3. The molecule has 31 heavy (non-hydrogen) atoms. The molecule has 0 aliphatic heterocycles. The van der Waals surface area contributed by atoms with Gasteiger partial charge < -0.3 is 0 Å². The molecule has 4 nitrogen and oxygen atoms in total. The molecule has 1 N–H and O–H groups in total. The van der Waals surface area contributed by atoms with Crippen LogP contribution in [0.1, 0.15) is 5.69 Å². The van der Waals surface area contributed by atoms with Gasteiger partial charge >= 0.3 is 0 Å². The average Bonchev–Trinajstić information content (AvgIpc) is 3.23. The molecule has 0 saturated heterocycles. The fourth-order valence-electron chi connectivity index (χ4n) is 3.43. The Bertz CT molecular complexity index is 1450. The van der Waals surface area contributed by atoms with Crippen LogP contribution in [0.3, 0.4) is 0 Å². The molecule has 150 valence electrons. The van der Waals surface area contributed by atoms with E-state index in [1.165, 1.54) is 16.7 Å². The molecule has 0 saturated carbocycles. The fourth-order valence-corrected chi connectivity index (χ4v) is 4.61. The van der Waals surface area contributed by atoms with Crippen molar-refractivity contribution in [2.24, 2.45) is 4.99 Å². The Morgan fingerprint density at radius 1 is 0.903 bits per heavy atom.